The molecular weight excluding hydrogens is 366 g/mol. The van der Waals surface area contributed by atoms with Gasteiger partial charge in [0.25, 0.3) is 5.89 Å². The first kappa shape index (κ1) is 17.4. The van der Waals surface area contributed by atoms with Crippen molar-refractivity contribution >= 4 is 23.2 Å². The Morgan fingerprint density at radius 2 is 2.11 bits per heavy atom. The zero-order chi connectivity index (χ0) is 18.6. The molecule has 0 atom stereocenters. The molecule has 1 aromatic carbocycles. The molecule has 138 valence electrons. The lowest BCUT2D eigenvalue weighted by Gasteiger charge is -2.15. The van der Waals surface area contributed by atoms with E-state index in [9.17, 15) is 9.59 Å². The third kappa shape index (κ3) is 4.06. The molecule has 1 fully saturated rings. The number of hydrogen-bond donors (Lipinski definition) is 0. The molecule has 1 aliphatic heterocycles. The number of likely N-dealkylation sites (tertiary alicyclic amines) is 1. The monoisotopic (exact) mass is 383 g/mol. The topological polar surface area (TPSA) is 85.5 Å². The molecule has 0 unspecified atom stereocenters. The van der Waals surface area contributed by atoms with Crippen molar-refractivity contribution < 1.29 is 18.8 Å². The molecule has 0 N–H and O–H groups in total. The van der Waals surface area contributed by atoms with Crippen molar-refractivity contribution in [2.75, 3.05) is 6.54 Å². The number of esters is 1. The molecule has 0 radical (unpaired) electrons. The summed E-state index contributed by atoms with van der Waals surface area (Å²) in [6.45, 7) is 1.28. The van der Waals surface area contributed by atoms with E-state index in [0.29, 0.717) is 24.4 Å². The lowest BCUT2D eigenvalue weighted by molar-refractivity contribution is -0.128. The number of thiophene rings is 1. The summed E-state index contributed by atoms with van der Waals surface area (Å²) in [5, 5.41) is 5.80. The average molecular weight is 383 g/mol. The van der Waals surface area contributed by atoms with Gasteiger partial charge in [0.1, 0.15) is 0 Å². The van der Waals surface area contributed by atoms with Crippen LogP contribution in [0.15, 0.2) is 46.3 Å². The van der Waals surface area contributed by atoms with Gasteiger partial charge in [-0.05, 0) is 35.6 Å². The quantitative estimate of drug-likeness (QED) is 0.607. The maximum atomic E-state index is 12.2. The Bertz CT molecular complexity index is 934. The molecular formula is C19H17N3O4S. The lowest BCUT2D eigenvalue weighted by atomic mass is 10.1. The lowest BCUT2D eigenvalue weighted by Crippen LogP contribution is -2.23. The molecule has 0 bridgehead atoms. The van der Waals surface area contributed by atoms with E-state index in [2.05, 4.69) is 10.1 Å². The highest BCUT2D eigenvalue weighted by atomic mass is 32.1. The van der Waals surface area contributed by atoms with Crippen LogP contribution in [0.1, 0.15) is 34.7 Å². The van der Waals surface area contributed by atoms with Gasteiger partial charge in [0.15, 0.2) is 6.61 Å². The predicted molar refractivity (Wildman–Crippen MR) is 97.8 cm³/mol. The maximum Gasteiger partial charge on any atom is 0.338 e. The van der Waals surface area contributed by atoms with Crippen LogP contribution in [0, 0.1) is 0 Å². The van der Waals surface area contributed by atoms with E-state index >= 15 is 0 Å². The van der Waals surface area contributed by atoms with Crippen molar-refractivity contribution in [3.63, 3.8) is 0 Å². The van der Waals surface area contributed by atoms with Gasteiger partial charge in [-0.3, -0.25) is 4.79 Å². The molecule has 3 aromatic rings. The van der Waals surface area contributed by atoms with Gasteiger partial charge in [0.05, 0.1) is 10.4 Å². The van der Waals surface area contributed by atoms with Crippen LogP contribution >= 0.6 is 11.3 Å². The van der Waals surface area contributed by atoms with Crippen molar-refractivity contribution in [1.82, 2.24) is 15.0 Å². The summed E-state index contributed by atoms with van der Waals surface area (Å²) in [7, 11) is 0. The first-order chi connectivity index (χ1) is 13.2. The predicted octanol–water partition coefficient (Wildman–Crippen LogP) is 3.28. The minimum absolute atomic E-state index is 0.0821. The highest BCUT2D eigenvalue weighted by Crippen LogP contribution is 2.21. The number of nitrogens with zero attached hydrogens (tertiary/aromatic N) is 3. The van der Waals surface area contributed by atoms with Gasteiger partial charge in [-0.25, -0.2) is 4.79 Å². The molecule has 27 heavy (non-hydrogen) atoms. The molecule has 2 aromatic heterocycles. The number of benzene rings is 1. The second-order valence-corrected chi connectivity index (χ2v) is 7.13. The zero-order valence-corrected chi connectivity index (χ0v) is 15.3. The van der Waals surface area contributed by atoms with Crippen LogP contribution in [0.2, 0.25) is 0 Å². The van der Waals surface area contributed by atoms with Crippen molar-refractivity contribution in [3.8, 4) is 10.7 Å². The van der Waals surface area contributed by atoms with Gasteiger partial charge in [0, 0.05) is 19.5 Å². The molecule has 1 amide bonds. The van der Waals surface area contributed by atoms with Crippen molar-refractivity contribution in [1.29, 1.82) is 0 Å². The van der Waals surface area contributed by atoms with Crippen molar-refractivity contribution in [2.45, 2.75) is 26.0 Å². The molecule has 0 spiro atoms. The third-order valence-electron chi connectivity index (χ3n) is 4.27. The number of ether oxygens (including phenoxy) is 1. The molecule has 0 saturated carbocycles. The largest absolute Gasteiger partial charge is 0.452 e. The fraction of sp³-hybridized carbons (Fsp3) is 0.263. The Hall–Kier alpha value is -3.00. The molecule has 7 nitrogen and oxygen atoms in total. The summed E-state index contributed by atoms with van der Waals surface area (Å²) in [4.78, 5) is 30.8. The highest BCUT2D eigenvalue weighted by Gasteiger charge is 2.20. The fourth-order valence-corrected chi connectivity index (χ4v) is 3.52. The van der Waals surface area contributed by atoms with Crippen molar-refractivity contribution in [2.24, 2.45) is 0 Å². The summed E-state index contributed by atoms with van der Waals surface area (Å²) in [6, 6.07) is 10.9. The van der Waals surface area contributed by atoms with Gasteiger partial charge in [-0.2, -0.15) is 4.98 Å². The zero-order valence-electron chi connectivity index (χ0n) is 14.5. The van der Waals surface area contributed by atoms with Crippen LogP contribution in [-0.4, -0.2) is 33.5 Å². The summed E-state index contributed by atoms with van der Waals surface area (Å²) in [5.41, 5.74) is 1.42. The normalized spacial score (nSPS) is 13.9. The van der Waals surface area contributed by atoms with E-state index in [1.54, 1.807) is 12.1 Å². The number of aromatic nitrogens is 2. The Labute approximate surface area is 159 Å². The number of carbonyl (C=O) groups excluding carboxylic acids is 2. The molecule has 1 aliphatic rings. The van der Waals surface area contributed by atoms with Gasteiger partial charge in [-0.15, -0.1) is 11.3 Å². The van der Waals surface area contributed by atoms with Gasteiger partial charge >= 0.3 is 5.97 Å². The molecule has 3 heterocycles. The third-order valence-corrected chi connectivity index (χ3v) is 5.14. The van der Waals surface area contributed by atoms with Gasteiger partial charge in [-0.1, -0.05) is 23.4 Å². The van der Waals surface area contributed by atoms with Crippen molar-refractivity contribution in [3.05, 3.63) is 58.8 Å². The summed E-state index contributed by atoms with van der Waals surface area (Å²) in [6.07, 6.45) is 1.53. The van der Waals surface area contributed by atoms with E-state index in [1.165, 1.54) is 11.3 Å². The second kappa shape index (κ2) is 7.71. The van der Waals surface area contributed by atoms with Crippen LogP contribution in [0.5, 0.6) is 0 Å². The van der Waals surface area contributed by atoms with Gasteiger partial charge < -0.3 is 14.2 Å². The minimum Gasteiger partial charge on any atom is -0.452 e. The Balaban J connectivity index is 1.32. The molecule has 4 rings (SSSR count). The highest BCUT2D eigenvalue weighted by molar-refractivity contribution is 7.13. The average Bonchev–Trinajstić information content (AvgIpc) is 3.43. The minimum atomic E-state index is -0.463. The first-order valence-electron chi connectivity index (χ1n) is 8.59. The van der Waals surface area contributed by atoms with Crippen LogP contribution in [0.25, 0.3) is 10.7 Å². The molecule has 8 heteroatoms. The van der Waals surface area contributed by atoms with Crippen LogP contribution in [0.4, 0.5) is 0 Å². The molecule has 0 aliphatic carbocycles. The first-order valence-corrected chi connectivity index (χ1v) is 9.47. The Kier molecular flexibility index (Phi) is 4.97. The van der Waals surface area contributed by atoms with Crippen LogP contribution in [0.3, 0.4) is 0 Å². The van der Waals surface area contributed by atoms with Gasteiger partial charge in [0.2, 0.25) is 11.7 Å². The number of amides is 1. The van der Waals surface area contributed by atoms with Crippen LogP contribution < -0.4 is 0 Å². The number of rotatable bonds is 6. The van der Waals surface area contributed by atoms with E-state index < -0.39 is 5.97 Å². The Morgan fingerprint density at radius 1 is 1.26 bits per heavy atom. The van der Waals surface area contributed by atoms with E-state index in [4.69, 9.17) is 9.26 Å². The van der Waals surface area contributed by atoms with E-state index in [-0.39, 0.29) is 18.4 Å². The summed E-state index contributed by atoms with van der Waals surface area (Å²) >= 11 is 1.51. The smallest absolute Gasteiger partial charge is 0.338 e. The SMILES string of the molecule is O=C(OCc1nc(-c2cccs2)no1)c1ccc(CN2CCCC2=O)cc1. The van der Waals surface area contributed by atoms with E-state index in [1.807, 2.05) is 34.5 Å². The summed E-state index contributed by atoms with van der Waals surface area (Å²) in [5.74, 6) is 0.447. The fourth-order valence-electron chi connectivity index (χ4n) is 2.87. The second-order valence-electron chi connectivity index (χ2n) is 6.18. The molecule has 1 saturated heterocycles. The van der Waals surface area contributed by atoms with E-state index in [0.717, 1.165) is 23.4 Å². The van der Waals surface area contributed by atoms with Crippen LogP contribution in [-0.2, 0) is 22.7 Å². The summed E-state index contributed by atoms with van der Waals surface area (Å²) < 4.78 is 10.3. The number of carbonyl (C=O) groups is 2. The standard InChI is InChI=1S/C19H17N3O4S/c23-17-4-1-9-22(17)11-13-5-7-14(8-6-13)19(24)25-12-16-20-18(21-26-16)15-3-2-10-27-15/h2-3,5-8,10H,1,4,9,11-12H2. The Morgan fingerprint density at radius 3 is 2.81 bits per heavy atom. The maximum absolute atomic E-state index is 12.2. The number of hydrogen-bond acceptors (Lipinski definition) is 7.